The summed E-state index contributed by atoms with van der Waals surface area (Å²) in [5, 5.41) is 22.6. The zero-order valence-corrected chi connectivity index (χ0v) is 17.3. The smallest absolute Gasteiger partial charge is 0.246 e. The van der Waals surface area contributed by atoms with Gasteiger partial charge in [-0.1, -0.05) is 13.0 Å². The number of halogens is 4. The van der Waals surface area contributed by atoms with Gasteiger partial charge < -0.3 is 15.5 Å². The molecule has 1 aliphatic rings. The zero-order chi connectivity index (χ0) is 22.9. The summed E-state index contributed by atoms with van der Waals surface area (Å²) >= 11 is 0. The van der Waals surface area contributed by atoms with E-state index in [1.165, 1.54) is 0 Å². The molecule has 0 amide bonds. The average Bonchev–Trinajstić information content (AvgIpc) is 2.87. The number of hydrogen-bond donors (Lipinski definition) is 3. The van der Waals surface area contributed by atoms with Crippen LogP contribution in [0, 0.1) is 29.2 Å². The summed E-state index contributed by atoms with van der Waals surface area (Å²) in [5.41, 5.74) is -0.388. The van der Waals surface area contributed by atoms with E-state index in [0.717, 1.165) is 22.5 Å². The fraction of sp³-hybridized carbons (Fsp3) is 0.400. The van der Waals surface area contributed by atoms with Gasteiger partial charge in [0.15, 0.2) is 23.7 Å². The monoisotopic (exact) mass is 462 g/mol. The zero-order valence-electron chi connectivity index (χ0n) is 16.5. The molecule has 1 aliphatic heterocycles. The van der Waals surface area contributed by atoms with Crippen molar-refractivity contribution in [1.29, 1.82) is 0 Å². The SMILES string of the molecule is CC1CN(S(=O)(=O)c2cc(C(O)Nc3cc(F)c(F)c(F)c3)ccc2F)CCCC1O. The normalized spacial score (nSPS) is 21.5. The lowest BCUT2D eigenvalue weighted by atomic mass is 10.0. The maximum absolute atomic E-state index is 14.4. The highest BCUT2D eigenvalue weighted by Gasteiger charge is 2.33. The lowest BCUT2D eigenvalue weighted by Gasteiger charge is -2.24. The summed E-state index contributed by atoms with van der Waals surface area (Å²) in [6.45, 7) is 1.80. The molecule has 6 nitrogen and oxygen atoms in total. The van der Waals surface area contributed by atoms with Crippen molar-refractivity contribution >= 4 is 15.7 Å². The molecule has 0 radical (unpaired) electrons. The third-order valence-electron chi connectivity index (χ3n) is 5.23. The number of nitrogens with one attached hydrogen (secondary N) is 1. The van der Waals surface area contributed by atoms with Gasteiger partial charge in [0.25, 0.3) is 0 Å². The molecule has 0 aromatic heterocycles. The minimum atomic E-state index is -4.28. The van der Waals surface area contributed by atoms with Crippen molar-refractivity contribution in [3.05, 3.63) is 59.2 Å². The molecule has 3 unspecified atom stereocenters. The van der Waals surface area contributed by atoms with E-state index in [1.807, 2.05) is 0 Å². The number of rotatable bonds is 5. The molecule has 3 rings (SSSR count). The summed E-state index contributed by atoms with van der Waals surface area (Å²) < 4.78 is 81.4. The minimum absolute atomic E-state index is 0.00209. The van der Waals surface area contributed by atoms with Crippen LogP contribution in [-0.2, 0) is 10.0 Å². The molecular weight excluding hydrogens is 440 g/mol. The van der Waals surface area contributed by atoms with Gasteiger partial charge >= 0.3 is 0 Å². The highest BCUT2D eigenvalue weighted by Crippen LogP contribution is 2.28. The first-order chi connectivity index (χ1) is 14.5. The summed E-state index contributed by atoms with van der Waals surface area (Å²) in [5.74, 6) is -6.01. The molecule has 1 saturated heterocycles. The topological polar surface area (TPSA) is 89.9 Å². The van der Waals surface area contributed by atoms with Gasteiger partial charge in [0.2, 0.25) is 10.0 Å². The molecule has 0 spiro atoms. The van der Waals surface area contributed by atoms with Crippen molar-refractivity contribution in [3.8, 4) is 0 Å². The Bertz CT molecular complexity index is 1040. The molecule has 1 fully saturated rings. The van der Waals surface area contributed by atoms with Crippen molar-refractivity contribution in [1.82, 2.24) is 4.31 Å². The first-order valence-electron chi connectivity index (χ1n) is 9.57. The fourth-order valence-corrected chi connectivity index (χ4v) is 5.10. The van der Waals surface area contributed by atoms with Gasteiger partial charge in [-0.25, -0.2) is 26.0 Å². The number of nitrogens with zero attached hydrogens (tertiary/aromatic N) is 1. The fourth-order valence-electron chi connectivity index (χ4n) is 3.42. The van der Waals surface area contributed by atoms with E-state index in [0.29, 0.717) is 25.0 Å². The summed E-state index contributed by atoms with van der Waals surface area (Å²) in [4.78, 5) is -0.675. The van der Waals surface area contributed by atoms with Crippen LogP contribution >= 0.6 is 0 Å². The van der Waals surface area contributed by atoms with E-state index >= 15 is 0 Å². The van der Waals surface area contributed by atoms with Crippen LogP contribution in [0.2, 0.25) is 0 Å². The minimum Gasteiger partial charge on any atom is -0.393 e. The molecule has 2 aromatic carbocycles. The second-order valence-corrected chi connectivity index (χ2v) is 9.45. The third kappa shape index (κ3) is 5.00. The van der Waals surface area contributed by atoms with Crippen molar-refractivity contribution in [3.63, 3.8) is 0 Å². The Morgan fingerprint density at radius 2 is 1.74 bits per heavy atom. The van der Waals surface area contributed by atoms with Crippen LogP contribution in [0.3, 0.4) is 0 Å². The highest BCUT2D eigenvalue weighted by atomic mass is 32.2. The first-order valence-corrected chi connectivity index (χ1v) is 11.0. The summed E-state index contributed by atoms with van der Waals surface area (Å²) in [6, 6.07) is 4.12. The van der Waals surface area contributed by atoms with Gasteiger partial charge in [0.1, 0.15) is 10.7 Å². The van der Waals surface area contributed by atoms with Gasteiger partial charge in [-0.3, -0.25) is 0 Å². The van der Waals surface area contributed by atoms with Gasteiger partial charge in [0.05, 0.1) is 6.10 Å². The number of hydrogen-bond acceptors (Lipinski definition) is 5. The van der Waals surface area contributed by atoms with E-state index in [1.54, 1.807) is 6.92 Å². The average molecular weight is 462 g/mol. The van der Waals surface area contributed by atoms with E-state index in [4.69, 9.17) is 0 Å². The molecule has 11 heteroatoms. The van der Waals surface area contributed by atoms with Gasteiger partial charge in [0, 0.05) is 36.5 Å². The van der Waals surface area contributed by atoms with Crippen LogP contribution in [0.5, 0.6) is 0 Å². The maximum Gasteiger partial charge on any atom is 0.246 e. The second-order valence-electron chi connectivity index (χ2n) is 7.54. The quantitative estimate of drug-likeness (QED) is 0.361. The third-order valence-corrected chi connectivity index (χ3v) is 7.11. The molecule has 3 N–H and O–H groups in total. The molecule has 0 saturated carbocycles. The predicted octanol–water partition coefficient (Wildman–Crippen LogP) is 3.13. The predicted molar refractivity (Wildman–Crippen MR) is 104 cm³/mol. The Morgan fingerprint density at radius 1 is 1.10 bits per heavy atom. The Balaban J connectivity index is 1.89. The van der Waals surface area contributed by atoms with Crippen LogP contribution in [-0.4, -0.2) is 42.1 Å². The lowest BCUT2D eigenvalue weighted by molar-refractivity contribution is 0.111. The Morgan fingerprint density at radius 3 is 2.39 bits per heavy atom. The largest absolute Gasteiger partial charge is 0.393 e. The van der Waals surface area contributed by atoms with Gasteiger partial charge in [-0.05, 0) is 30.9 Å². The molecule has 0 bridgehead atoms. The number of aliphatic hydroxyl groups excluding tert-OH is 2. The molecule has 2 aromatic rings. The Labute approximate surface area is 177 Å². The van der Waals surface area contributed by atoms with Crippen molar-refractivity contribution in [2.45, 2.75) is 37.0 Å². The molecule has 1 heterocycles. The highest BCUT2D eigenvalue weighted by molar-refractivity contribution is 7.89. The van der Waals surface area contributed by atoms with E-state index in [9.17, 15) is 36.2 Å². The number of anilines is 1. The lowest BCUT2D eigenvalue weighted by Crippen LogP contribution is -2.36. The number of sulfonamides is 1. The molecule has 0 aliphatic carbocycles. The summed E-state index contributed by atoms with van der Waals surface area (Å²) in [6.07, 6.45) is -1.51. The van der Waals surface area contributed by atoms with Crippen LogP contribution in [0.1, 0.15) is 31.6 Å². The van der Waals surface area contributed by atoms with Crippen molar-refractivity contribution in [2.24, 2.45) is 5.92 Å². The maximum atomic E-state index is 14.4. The van der Waals surface area contributed by atoms with Crippen LogP contribution in [0.4, 0.5) is 23.2 Å². The Kier molecular flexibility index (Phi) is 6.89. The Hall–Kier alpha value is -2.21. The van der Waals surface area contributed by atoms with E-state index < -0.39 is 50.5 Å². The van der Waals surface area contributed by atoms with Gasteiger partial charge in [-0.15, -0.1) is 0 Å². The standard InChI is InChI=1S/C20H22F4N2O4S/c1-11-10-26(6-2-3-17(11)27)31(29,30)18-7-12(4-5-14(18)21)20(28)25-13-8-15(22)19(24)16(23)9-13/h4-5,7-9,11,17,20,25,27-28H,2-3,6,10H2,1H3. The molecule has 3 atom stereocenters. The second kappa shape index (κ2) is 9.11. The number of aliphatic hydroxyl groups is 2. The van der Waals surface area contributed by atoms with Crippen LogP contribution in [0.25, 0.3) is 0 Å². The first kappa shape index (κ1) is 23.5. The molecule has 170 valence electrons. The van der Waals surface area contributed by atoms with Gasteiger partial charge in [-0.2, -0.15) is 4.31 Å². The van der Waals surface area contributed by atoms with Crippen molar-refractivity contribution < 1.29 is 36.2 Å². The molecule has 31 heavy (non-hydrogen) atoms. The van der Waals surface area contributed by atoms with Crippen LogP contribution < -0.4 is 5.32 Å². The van der Waals surface area contributed by atoms with Crippen molar-refractivity contribution in [2.75, 3.05) is 18.4 Å². The number of benzene rings is 2. The van der Waals surface area contributed by atoms with E-state index in [-0.39, 0.29) is 30.3 Å². The molecular formula is C20H22F4N2O4S. The van der Waals surface area contributed by atoms with E-state index in [2.05, 4.69) is 5.32 Å². The van der Waals surface area contributed by atoms with Crippen LogP contribution in [0.15, 0.2) is 35.2 Å². The summed E-state index contributed by atoms with van der Waals surface area (Å²) in [7, 11) is -4.28.